The van der Waals surface area contributed by atoms with Crippen LogP contribution in [0.5, 0.6) is 5.75 Å². The first kappa shape index (κ1) is 22.8. The van der Waals surface area contributed by atoms with Crippen molar-refractivity contribution in [2.24, 2.45) is 7.05 Å². The van der Waals surface area contributed by atoms with Gasteiger partial charge in [-0.25, -0.2) is 9.78 Å². The zero-order valence-electron chi connectivity index (χ0n) is 20.1. The van der Waals surface area contributed by atoms with Crippen molar-refractivity contribution in [1.82, 2.24) is 24.3 Å². The summed E-state index contributed by atoms with van der Waals surface area (Å²) in [5.41, 5.74) is 4.32. The fourth-order valence-electron chi connectivity index (χ4n) is 5.09. The molecule has 182 valence electrons. The lowest BCUT2D eigenvalue weighted by molar-refractivity contribution is 0.0692. The molecule has 0 aliphatic carbocycles. The number of nitrogens with zero attached hydrogens (tertiary/aromatic N) is 4. The Bertz CT molecular complexity index is 1440. The van der Waals surface area contributed by atoms with Crippen LogP contribution in [0.3, 0.4) is 0 Å². The van der Waals surface area contributed by atoms with Gasteiger partial charge in [-0.05, 0) is 56.2 Å². The Balaban J connectivity index is 1.50. The van der Waals surface area contributed by atoms with Crippen molar-refractivity contribution < 1.29 is 19.4 Å². The number of nitrogens with one attached hydrogen (secondary N) is 1. The number of hydrogen-bond donors (Lipinski definition) is 2. The van der Waals surface area contributed by atoms with E-state index in [1.807, 2.05) is 43.4 Å². The van der Waals surface area contributed by atoms with Crippen LogP contribution >= 0.6 is 0 Å². The van der Waals surface area contributed by atoms with Crippen molar-refractivity contribution in [3.05, 3.63) is 48.0 Å². The zero-order chi connectivity index (χ0) is 24.7. The van der Waals surface area contributed by atoms with Crippen molar-refractivity contribution in [3.8, 4) is 17.3 Å². The highest BCUT2D eigenvalue weighted by molar-refractivity contribution is 5.98. The molecule has 2 aromatic carbocycles. The number of carbonyl (C=O) groups is 2. The molecule has 1 atom stereocenters. The normalized spacial score (nSPS) is 16.1. The molecular formula is C26H29N5O4. The van der Waals surface area contributed by atoms with Crippen LogP contribution in [0, 0.1) is 0 Å². The van der Waals surface area contributed by atoms with E-state index in [2.05, 4.69) is 27.4 Å². The molecular weight excluding hydrogens is 446 g/mol. The summed E-state index contributed by atoms with van der Waals surface area (Å²) in [5.74, 6) is 1.53. The third kappa shape index (κ3) is 4.07. The van der Waals surface area contributed by atoms with Crippen molar-refractivity contribution in [3.63, 3.8) is 0 Å². The minimum absolute atomic E-state index is 0.106. The second-order valence-corrected chi connectivity index (χ2v) is 8.94. The number of ether oxygens (including phenoxy) is 1. The molecule has 4 aromatic rings. The minimum Gasteiger partial charge on any atom is -0.497 e. The Labute approximate surface area is 202 Å². The molecule has 5 rings (SSSR count). The highest BCUT2D eigenvalue weighted by Gasteiger charge is 2.26. The maximum absolute atomic E-state index is 13.2. The van der Waals surface area contributed by atoms with Gasteiger partial charge in [0.05, 0.1) is 29.4 Å². The van der Waals surface area contributed by atoms with Crippen molar-refractivity contribution in [2.75, 3.05) is 20.2 Å². The topological polar surface area (TPSA) is 102 Å². The number of rotatable bonds is 5. The smallest absolute Gasteiger partial charge is 0.404 e. The number of imidazole rings is 1. The number of carbonyl (C=O) groups excluding carboxylic acids is 1. The number of carboxylic acid groups (broad SMARTS) is 1. The molecule has 2 amide bonds. The Hall–Kier alpha value is -4.01. The fourth-order valence-corrected chi connectivity index (χ4v) is 5.09. The van der Waals surface area contributed by atoms with E-state index >= 15 is 0 Å². The fraction of sp³-hybridized carbons (Fsp3) is 0.346. The number of aromatic nitrogens is 3. The van der Waals surface area contributed by atoms with Gasteiger partial charge in [0, 0.05) is 49.7 Å². The molecule has 1 saturated heterocycles. The van der Waals surface area contributed by atoms with Gasteiger partial charge in [-0.1, -0.05) is 0 Å². The molecule has 0 bridgehead atoms. The number of benzene rings is 2. The van der Waals surface area contributed by atoms with Gasteiger partial charge in [-0.2, -0.15) is 0 Å². The molecule has 1 aliphatic rings. The Morgan fingerprint density at radius 1 is 1.17 bits per heavy atom. The maximum atomic E-state index is 13.2. The number of fused-ring (bicyclic) bond motifs is 2. The van der Waals surface area contributed by atoms with Crippen molar-refractivity contribution in [1.29, 1.82) is 0 Å². The number of aryl methyl sites for hydroxylation is 2. The summed E-state index contributed by atoms with van der Waals surface area (Å²) in [6.07, 6.45) is 0.435. The van der Waals surface area contributed by atoms with Gasteiger partial charge in [-0.15, -0.1) is 0 Å². The van der Waals surface area contributed by atoms with E-state index in [1.165, 1.54) is 0 Å². The molecule has 9 heteroatoms. The molecule has 0 unspecified atom stereocenters. The van der Waals surface area contributed by atoms with Gasteiger partial charge in [0.2, 0.25) is 0 Å². The Kier molecular flexibility index (Phi) is 5.84. The quantitative estimate of drug-likeness (QED) is 0.453. The first-order chi connectivity index (χ1) is 16.9. The van der Waals surface area contributed by atoms with Crippen LogP contribution in [-0.4, -0.2) is 62.4 Å². The summed E-state index contributed by atoms with van der Waals surface area (Å²) in [7, 11) is 3.65. The lowest BCUT2D eigenvalue weighted by Gasteiger charge is -2.32. The van der Waals surface area contributed by atoms with E-state index in [4.69, 9.17) is 14.8 Å². The molecule has 3 heterocycles. The molecule has 2 N–H and O–H groups in total. The summed E-state index contributed by atoms with van der Waals surface area (Å²) in [4.78, 5) is 30.9. The van der Waals surface area contributed by atoms with Crippen molar-refractivity contribution >= 4 is 33.9 Å². The largest absolute Gasteiger partial charge is 0.497 e. The van der Waals surface area contributed by atoms with E-state index in [0.29, 0.717) is 18.7 Å². The molecule has 0 spiro atoms. The summed E-state index contributed by atoms with van der Waals surface area (Å²) in [6.45, 7) is 3.87. The average molecular weight is 476 g/mol. The van der Waals surface area contributed by atoms with E-state index < -0.39 is 6.09 Å². The molecule has 0 radical (unpaired) electrons. The summed E-state index contributed by atoms with van der Waals surface area (Å²) in [6, 6.07) is 13.5. The predicted octanol–water partition coefficient (Wildman–Crippen LogP) is 4.10. The number of amides is 2. The molecule has 0 saturated carbocycles. The molecule has 1 fully saturated rings. The highest BCUT2D eigenvalue weighted by atomic mass is 16.5. The van der Waals surface area contributed by atoms with Gasteiger partial charge in [0.1, 0.15) is 5.75 Å². The number of methoxy groups -OCH3 is 1. The SMILES string of the molecule is CCn1c(-c2nc3cc(C(=O)N4CCC[C@@H](NC(=O)O)C4)ccc3n2C)cc2ccc(OC)cc21. The van der Waals surface area contributed by atoms with E-state index in [1.54, 1.807) is 12.0 Å². The lowest BCUT2D eigenvalue weighted by atomic mass is 10.0. The van der Waals surface area contributed by atoms with E-state index in [-0.39, 0.29) is 11.9 Å². The Morgan fingerprint density at radius 3 is 2.74 bits per heavy atom. The highest BCUT2D eigenvalue weighted by Crippen LogP contribution is 2.32. The standard InChI is InChI=1S/C26H29N5O4/c1-4-31-22-14-19(35-3)9-7-16(22)13-23(31)24-28-20-12-17(8-10-21(20)29(24)2)25(32)30-11-5-6-18(15-30)27-26(33)34/h7-10,12-14,18,27H,4-6,11,15H2,1-3H3,(H,33,34)/t18-/m1/s1. The first-order valence-electron chi connectivity index (χ1n) is 11.8. The molecule has 35 heavy (non-hydrogen) atoms. The van der Waals surface area contributed by atoms with Crippen molar-refractivity contribution in [2.45, 2.75) is 32.4 Å². The average Bonchev–Trinajstić information content (AvgIpc) is 3.39. The lowest BCUT2D eigenvalue weighted by Crippen LogP contribution is -2.49. The van der Waals surface area contributed by atoms with E-state index in [9.17, 15) is 9.59 Å². The number of piperidine rings is 1. The maximum Gasteiger partial charge on any atom is 0.404 e. The molecule has 9 nitrogen and oxygen atoms in total. The predicted molar refractivity (Wildman–Crippen MR) is 134 cm³/mol. The van der Waals surface area contributed by atoms with Crippen LogP contribution in [-0.2, 0) is 13.6 Å². The van der Waals surface area contributed by atoms with Gasteiger partial charge in [0.15, 0.2) is 5.82 Å². The second kappa shape index (κ2) is 8.98. The van der Waals surface area contributed by atoms with Gasteiger partial charge in [0.25, 0.3) is 5.91 Å². The summed E-state index contributed by atoms with van der Waals surface area (Å²) >= 11 is 0. The third-order valence-electron chi connectivity index (χ3n) is 6.82. The van der Waals surface area contributed by atoms with Crippen LogP contribution in [0.25, 0.3) is 33.5 Å². The van der Waals surface area contributed by atoms with Crippen LogP contribution in [0.2, 0.25) is 0 Å². The van der Waals surface area contributed by atoms with Gasteiger partial charge in [-0.3, -0.25) is 4.79 Å². The summed E-state index contributed by atoms with van der Waals surface area (Å²) in [5, 5.41) is 12.6. The number of hydrogen-bond acceptors (Lipinski definition) is 4. The Morgan fingerprint density at radius 2 is 2.00 bits per heavy atom. The molecule has 2 aromatic heterocycles. The monoisotopic (exact) mass is 475 g/mol. The molecule has 1 aliphatic heterocycles. The van der Waals surface area contributed by atoms with Crippen LogP contribution in [0.4, 0.5) is 4.79 Å². The van der Waals surface area contributed by atoms with Crippen LogP contribution < -0.4 is 10.1 Å². The van der Waals surface area contributed by atoms with E-state index in [0.717, 1.165) is 58.6 Å². The number of likely N-dealkylation sites (tertiary alicyclic amines) is 1. The van der Waals surface area contributed by atoms with Crippen LogP contribution in [0.1, 0.15) is 30.1 Å². The second-order valence-electron chi connectivity index (χ2n) is 8.94. The van der Waals surface area contributed by atoms with Gasteiger partial charge >= 0.3 is 6.09 Å². The van der Waals surface area contributed by atoms with Gasteiger partial charge < -0.3 is 29.2 Å². The van der Waals surface area contributed by atoms with Crippen LogP contribution in [0.15, 0.2) is 42.5 Å². The first-order valence-corrected chi connectivity index (χ1v) is 11.8. The summed E-state index contributed by atoms with van der Waals surface area (Å²) < 4.78 is 9.68. The third-order valence-corrected chi connectivity index (χ3v) is 6.82. The minimum atomic E-state index is -1.06. The zero-order valence-corrected chi connectivity index (χ0v) is 20.1.